The Morgan fingerprint density at radius 2 is 1.94 bits per heavy atom. The van der Waals surface area contributed by atoms with Crippen molar-refractivity contribution in [3.63, 3.8) is 0 Å². The number of aryl methyl sites for hydroxylation is 1. The molecule has 3 aromatic rings. The molecule has 1 aliphatic rings. The molecule has 0 radical (unpaired) electrons. The molecule has 1 heterocycles. The highest BCUT2D eigenvalue weighted by Gasteiger charge is 2.40. The Kier molecular flexibility index (Phi) is 5.77. The molecule has 1 saturated carbocycles. The molecule has 0 spiro atoms. The van der Waals surface area contributed by atoms with Crippen molar-refractivity contribution in [1.29, 1.82) is 5.26 Å². The van der Waals surface area contributed by atoms with E-state index in [2.05, 4.69) is 13.0 Å². The standard InChI is InChI=1S/C25H26FN3O2/c1-3-22-21-10-5-18(15-23(21)29(28-22)20-8-6-19(26)7-9-20)25(16-27)13-11-17(12-14-25)24(30)31-4-2/h5-10,15,17H,3-4,11-14H2,1-2H3. The number of aromatic nitrogens is 2. The second kappa shape index (κ2) is 8.50. The maximum Gasteiger partial charge on any atom is 0.308 e. The third-order valence-corrected chi connectivity index (χ3v) is 6.39. The summed E-state index contributed by atoms with van der Waals surface area (Å²) in [5, 5.41) is 15.9. The largest absolute Gasteiger partial charge is 0.466 e. The third-order valence-electron chi connectivity index (χ3n) is 6.39. The number of benzene rings is 2. The number of carbonyl (C=O) groups excluding carboxylic acids is 1. The molecular formula is C25H26FN3O2. The molecule has 0 saturated heterocycles. The number of nitrogens with zero attached hydrogens (tertiary/aromatic N) is 3. The Bertz CT molecular complexity index is 1140. The van der Waals surface area contributed by atoms with Crippen molar-refractivity contribution in [2.24, 2.45) is 5.92 Å². The minimum Gasteiger partial charge on any atom is -0.466 e. The average Bonchev–Trinajstić information content (AvgIpc) is 3.18. The number of nitriles is 1. The van der Waals surface area contributed by atoms with Gasteiger partial charge in [-0.05, 0) is 74.9 Å². The molecule has 0 amide bonds. The van der Waals surface area contributed by atoms with Crippen LogP contribution in [0.25, 0.3) is 16.6 Å². The van der Waals surface area contributed by atoms with E-state index in [4.69, 9.17) is 9.84 Å². The molecule has 0 unspecified atom stereocenters. The summed E-state index contributed by atoms with van der Waals surface area (Å²) in [6.07, 6.45) is 3.28. The van der Waals surface area contributed by atoms with E-state index in [1.54, 1.807) is 12.1 Å². The van der Waals surface area contributed by atoms with Crippen LogP contribution in [-0.4, -0.2) is 22.4 Å². The zero-order chi connectivity index (χ0) is 22.0. The van der Waals surface area contributed by atoms with E-state index >= 15 is 0 Å². The lowest BCUT2D eigenvalue weighted by Gasteiger charge is -2.34. The first kappa shape index (κ1) is 21.0. The number of halogens is 1. The Hall–Kier alpha value is -3.20. The maximum atomic E-state index is 13.4. The van der Waals surface area contributed by atoms with Crippen LogP contribution in [-0.2, 0) is 21.4 Å². The van der Waals surface area contributed by atoms with Crippen LogP contribution in [0, 0.1) is 23.1 Å². The topological polar surface area (TPSA) is 67.9 Å². The molecule has 1 fully saturated rings. The zero-order valence-electron chi connectivity index (χ0n) is 17.9. The first-order valence-corrected chi connectivity index (χ1v) is 10.9. The van der Waals surface area contributed by atoms with Crippen LogP contribution in [0.1, 0.15) is 50.8 Å². The van der Waals surface area contributed by atoms with Gasteiger partial charge in [0.25, 0.3) is 0 Å². The van der Waals surface area contributed by atoms with Crippen LogP contribution in [0.5, 0.6) is 0 Å². The molecular weight excluding hydrogens is 393 g/mol. The van der Waals surface area contributed by atoms with Crippen molar-refractivity contribution in [1.82, 2.24) is 9.78 Å². The summed E-state index contributed by atoms with van der Waals surface area (Å²) >= 11 is 0. The minimum absolute atomic E-state index is 0.137. The predicted octanol–water partition coefficient (Wildman–Crippen LogP) is 5.24. The van der Waals surface area contributed by atoms with E-state index < -0.39 is 5.41 Å². The molecule has 0 bridgehead atoms. The third kappa shape index (κ3) is 3.81. The number of hydrogen-bond acceptors (Lipinski definition) is 4. The van der Waals surface area contributed by atoms with Crippen molar-refractivity contribution in [3.05, 3.63) is 59.5 Å². The molecule has 0 N–H and O–H groups in total. The number of ether oxygens (including phenoxy) is 1. The van der Waals surface area contributed by atoms with E-state index in [1.165, 1.54) is 12.1 Å². The van der Waals surface area contributed by atoms with Crippen LogP contribution in [0.3, 0.4) is 0 Å². The van der Waals surface area contributed by atoms with E-state index in [9.17, 15) is 14.4 Å². The van der Waals surface area contributed by atoms with Gasteiger partial charge in [-0.15, -0.1) is 0 Å². The highest BCUT2D eigenvalue weighted by atomic mass is 19.1. The van der Waals surface area contributed by atoms with Crippen LogP contribution < -0.4 is 0 Å². The number of esters is 1. The summed E-state index contributed by atoms with van der Waals surface area (Å²) in [6, 6.07) is 14.9. The minimum atomic E-state index is -0.637. The van der Waals surface area contributed by atoms with Gasteiger partial charge in [-0.1, -0.05) is 19.1 Å². The predicted molar refractivity (Wildman–Crippen MR) is 116 cm³/mol. The summed E-state index contributed by atoms with van der Waals surface area (Å²) in [4.78, 5) is 12.1. The Morgan fingerprint density at radius 3 is 2.55 bits per heavy atom. The molecule has 5 nitrogen and oxygen atoms in total. The number of rotatable bonds is 5. The van der Waals surface area contributed by atoms with Gasteiger partial charge in [0.2, 0.25) is 0 Å². The van der Waals surface area contributed by atoms with Crippen LogP contribution in [0.2, 0.25) is 0 Å². The van der Waals surface area contributed by atoms with Crippen LogP contribution >= 0.6 is 0 Å². The average molecular weight is 420 g/mol. The van der Waals surface area contributed by atoms with Crippen molar-refractivity contribution in [2.75, 3.05) is 6.61 Å². The van der Waals surface area contributed by atoms with Gasteiger partial charge in [0, 0.05) is 5.39 Å². The van der Waals surface area contributed by atoms with Gasteiger partial charge in [0.05, 0.1) is 40.9 Å². The van der Waals surface area contributed by atoms with Crippen molar-refractivity contribution < 1.29 is 13.9 Å². The van der Waals surface area contributed by atoms with E-state index in [-0.39, 0.29) is 17.7 Å². The van der Waals surface area contributed by atoms with Gasteiger partial charge in [-0.25, -0.2) is 9.07 Å². The molecule has 160 valence electrons. The zero-order valence-corrected chi connectivity index (χ0v) is 17.9. The Morgan fingerprint density at radius 1 is 1.23 bits per heavy atom. The van der Waals surface area contributed by atoms with Crippen molar-refractivity contribution in [3.8, 4) is 11.8 Å². The summed E-state index contributed by atoms with van der Waals surface area (Å²) in [6.45, 7) is 4.24. The monoisotopic (exact) mass is 419 g/mol. The van der Waals surface area contributed by atoms with Gasteiger partial charge in [0.1, 0.15) is 5.82 Å². The highest BCUT2D eigenvalue weighted by Crippen LogP contribution is 2.42. The van der Waals surface area contributed by atoms with Crippen LogP contribution in [0.15, 0.2) is 42.5 Å². The lowest BCUT2D eigenvalue weighted by atomic mass is 9.67. The van der Waals surface area contributed by atoms with E-state index in [0.29, 0.717) is 32.3 Å². The van der Waals surface area contributed by atoms with Gasteiger partial charge in [-0.2, -0.15) is 10.4 Å². The highest BCUT2D eigenvalue weighted by molar-refractivity contribution is 5.84. The van der Waals surface area contributed by atoms with Crippen molar-refractivity contribution >= 4 is 16.9 Å². The second-order valence-electron chi connectivity index (χ2n) is 8.14. The quantitative estimate of drug-likeness (QED) is 0.530. The smallest absolute Gasteiger partial charge is 0.308 e. The number of hydrogen-bond donors (Lipinski definition) is 0. The maximum absolute atomic E-state index is 13.4. The second-order valence-corrected chi connectivity index (χ2v) is 8.14. The van der Waals surface area contributed by atoms with Gasteiger partial charge >= 0.3 is 5.97 Å². The number of carbonyl (C=O) groups is 1. The fraction of sp³-hybridized carbons (Fsp3) is 0.400. The van der Waals surface area contributed by atoms with Crippen molar-refractivity contribution in [2.45, 2.75) is 51.4 Å². The molecule has 2 aromatic carbocycles. The van der Waals surface area contributed by atoms with E-state index in [0.717, 1.165) is 34.3 Å². The molecule has 1 aromatic heterocycles. The molecule has 0 atom stereocenters. The number of fused-ring (bicyclic) bond motifs is 1. The first-order valence-electron chi connectivity index (χ1n) is 10.9. The van der Waals surface area contributed by atoms with Gasteiger partial charge in [-0.3, -0.25) is 4.79 Å². The molecule has 0 aliphatic heterocycles. The summed E-state index contributed by atoms with van der Waals surface area (Å²) < 4.78 is 20.4. The SMILES string of the molecule is CCOC(=O)C1CCC(C#N)(c2ccc3c(CC)nn(-c4ccc(F)cc4)c3c2)CC1. The molecule has 31 heavy (non-hydrogen) atoms. The Balaban J connectivity index is 1.73. The molecule has 4 rings (SSSR count). The lowest BCUT2D eigenvalue weighted by Crippen LogP contribution is -2.33. The molecule has 6 heteroatoms. The Labute approximate surface area is 181 Å². The summed E-state index contributed by atoms with van der Waals surface area (Å²) in [5.74, 6) is -0.591. The summed E-state index contributed by atoms with van der Waals surface area (Å²) in [5.41, 5.74) is 2.95. The van der Waals surface area contributed by atoms with Crippen LogP contribution in [0.4, 0.5) is 4.39 Å². The van der Waals surface area contributed by atoms with E-state index in [1.807, 2.05) is 29.8 Å². The molecule has 1 aliphatic carbocycles. The normalized spacial score (nSPS) is 21.0. The first-order chi connectivity index (χ1) is 15.0. The fourth-order valence-corrected chi connectivity index (χ4v) is 4.59. The van der Waals surface area contributed by atoms with Gasteiger partial charge in [0.15, 0.2) is 0 Å². The van der Waals surface area contributed by atoms with Gasteiger partial charge < -0.3 is 4.74 Å². The fourth-order valence-electron chi connectivity index (χ4n) is 4.59. The lowest BCUT2D eigenvalue weighted by molar-refractivity contribution is -0.149. The summed E-state index contributed by atoms with van der Waals surface area (Å²) in [7, 11) is 0.